The van der Waals surface area contributed by atoms with Crippen molar-refractivity contribution in [2.24, 2.45) is 5.92 Å². The molecule has 2 aromatic rings. The average Bonchev–Trinajstić information content (AvgIpc) is 2.72. The molecule has 0 aliphatic rings. The fourth-order valence-corrected chi connectivity index (χ4v) is 3.49. The van der Waals surface area contributed by atoms with Gasteiger partial charge in [-0.1, -0.05) is 55.2 Å². The maximum atomic E-state index is 13.3. The number of halogens is 2. The highest BCUT2D eigenvalue weighted by atomic mass is 35.5. The van der Waals surface area contributed by atoms with E-state index in [0.717, 1.165) is 5.56 Å². The van der Waals surface area contributed by atoms with Crippen LogP contribution in [0.5, 0.6) is 5.75 Å². The highest BCUT2D eigenvalue weighted by Crippen LogP contribution is 2.26. The van der Waals surface area contributed by atoms with Crippen LogP contribution in [0.25, 0.3) is 0 Å². The largest absolute Gasteiger partial charge is 0.497 e. The van der Waals surface area contributed by atoms with Crippen LogP contribution >= 0.6 is 23.2 Å². The molecule has 0 heterocycles. The van der Waals surface area contributed by atoms with Crippen LogP contribution in [0.3, 0.4) is 0 Å². The van der Waals surface area contributed by atoms with Gasteiger partial charge in [0.1, 0.15) is 11.8 Å². The summed E-state index contributed by atoms with van der Waals surface area (Å²) in [5.74, 6) is 0.557. The maximum absolute atomic E-state index is 13.3. The van der Waals surface area contributed by atoms with Crippen molar-refractivity contribution >= 4 is 35.0 Å². The smallest absolute Gasteiger partial charge is 0.242 e. The summed E-state index contributed by atoms with van der Waals surface area (Å²) in [7, 11) is 1.59. The van der Waals surface area contributed by atoms with Crippen LogP contribution in [-0.4, -0.2) is 36.4 Å². The molecule has 30 heavy (non-hydrogen) atoms. The predicted octanol–water partition coefficient (Wildman–Crippen LogP) is 4.73. The van der Waals surface area contributed by atoms with Crippen molar-refractivity contribution in [2.45, 2.75) is 39.8 Å². The van der Waals surface area contributed by atoms with E-state index in [1.807, 2.05) is 38.1 Å². The number of carbonyl (C=O) groups excluding carboxylic acids is 2. The summed E-state index contributed by atoms with van der Waals surface area (Å²) in [5.41, 5.74) is 1.41. The van der Waals surface area contributed by atoms with Gasteiger partial charge in [0, 0.05) is 23.1 Å². The lowest BCUT2D eigenvalue weighted by Crippen LogP contribution is -2.48. The molecular weight excluding hydrogens is 423 g/mol. The molecule has 0 spiro atoms. The minimum atomic E-state index is -0.663. The molecule has 0 aliphatic carbocycles. The number of rotatable bonds is 9. The Kier molecular flexibility index (Phi) is 9.00. The quantitative estimate of drug-likeness (QED) is 0.600. The number of nitrogens with zero attached hydrogens (tertiary/aromatic N) is 1. The average molecular weight is 451 g/mol. The summed E-state index contributed by atoms with van der Waals surface area (Å²) in [6, 6.07) is 11.9. The van der Waals surface area contributed by atoms with Gasteiger partial charge in [-0.2, -0.15) is 0 Å². The van der Waals surface area contributed by atoms with E-state index in [1.54, 1.807) is 37.1 Å². The summed E-state index contributed by atoms with van der Waals surface area (Å²) < 4.78 is 5.28. The summed E-state index contributed by atoms with van der Waals surface area (Å²) in [6.07, 6.45) is 0.00424. The van der Waals surface area contributed by atoms with E-state index in [9.17, 15) is 9.59 Å². The molecule has 7 heteroatoms. The van der Waals surface area contributed by atoms with Gasteiger partial charge in [0.25, 0.3) is 0 Å². The molecule has 0 aromatic heterocycles. The van der Waals surface area contributed by atoms with Crippen LogP contribution in [0, 0.1) is 5.92 Å². The molecule has 2 rings (SSSR count). The second-order valence-electron chi connectivity index (χ2n) is 7.57. The molecule has 0 unspecified atom stereocenters. The van der Waals surface area contributed by atoms with Crippen LogP contribution in [0.1, 0.15) is 31.9 Å². The Morgan fingerprint density at radius 1 is 1.07 bits per heavy atom. The molecule has 0 saturated carbocycles. The minimum absolute atomic E-state index is 0.00424. The molecule has 0 aliphatic heterocycles. The van der Waals surface area contributed by atoms with Gasteiger partial charge in [-0.25, -0.2) is 0 Å². The number of methoxy groups -OCH3 is 1. The maximum Gasteiger partial charge on any atom is 0.242 e. The summed E-state index contributed by atoms with van der Waals surface area (Å²) in [5, 5.41) is 3.75. The number of benzene rings is 2. The normalized spacial score (nSPS) is 11.8. The standard InChI is InChI=1S/C23H28Cl2N2O3/c1-15(2)13-26-23(29)16(3)27(14-17-7-5-8-18(11-17)30-4)22(28)12-19-20(24)9-6-10-21(19)25/h5-11,15-16H,12-14H2,1-4H3,(H,26,29)/t16-/m0/s1. The Morgan fingerprint density at radius 2 is 1.70 bits per heavy atom. The number of nitrogens with one attached hydrogen (secondary N) is 1. The van der Waals surface area contributed by atoms with Crippen molar-refractivity contribution in [3.63, 3.8) is 0 Å². The Labute approximate surface area is 188 Å². The molecule has 0 radical (unpaired) electrons. The van der Waals surface area contributed by atoms with Gasteiger partial charge < -0.3 is 15.0 Å². The molecule has 0 saturated heterocycles. The fraction of sp³-hybridized carbons (Fsp3) is 0.391. The van der Waals surface area contributed by atoms with E-state index in [0.29, 0.717) is 33.8 Å². The van der Waals surface area contributed by atoms with E-state index in [-0.39, 0.29) is 24.8 Å². The number of ether oxygens (including phenoxy) is 1. The number of hydrogen-bond donors (Lipinski definition) is 1. The van der Waals surface area contributed by atoms with Crippen LogP contribution in [0.2, 0.25) is 10.0 Å². The van der Waals surface area contributed by atoms with E-state index in [2.05, 4.69) is 5.32 Å². The van der Waals surface area contributed by atoms with Gasteiger partial charge >= 0.3 is 0 Å². The van der Waals surface area contributed by atoms with Crippen LogP contribution in [0.15, 0.2) is 42.5 Å². The summed E-state index contributed by atoms with van der Waals surface area (Å²) in [4.78, 5) is 27.5. The first-order chi connectivity index (χ1) is 14.2. The van der Waals surface area contributed by atoms with E-state index in [1.165, 1.54) is 0 Å². The van der Waals surface area contributed by atoms with Crippen molar-refractivity contribution < 1.29 is 14.3 Å². The van der Waals surface area contributed by atoms with Gasteiger partial charge in [0.2, 0.25) is 11.8 Å². The lowest BCUT2D eigenvalue weighted by molar-refractivity contribution is -0.140. The van der Waals surface area contributed by atoms with E-state index < -0.39 is 6.04 Å². The molecule has 2 aromatic carbocycles. The van der Waals surface area contributed by atoms with E-state index >= 15 is 0 Å². The first-order valence-corrected chi connectivity index (χ1v) is 10.6. The highest BCUT2D eigenvalue weighted by molar-refractivity contribution is 6.36. The van der Waals surface area contributed by atoms with E-state index in [4.69, 9.17) is 27.9 Å². The Morgan fingerprint density at radius 3 is 2.30 bits per heavy atom. The van der Waals surface area contributed by atoms with Gasteiger partial charge in [-0.15, -0.1) is 0 Å². The first-order valence-electron chi connectivity index (χ1n) is 9.86. The predicted molar refractivity (Wildman–Crippen MR) is 121 cm³/mol. The molecule has 0 fully saturated rings. The van der Waals surface area contributed by atoms with Gasteiger partial charge in [0.05, 0.1) is 13.5 Å². The second kappa shape index (κ2) is 11.2. The van der Waals surface area contributed by atoms with Crippen molar-refractivity contribution in [1.82, 2.24) is 10.2 Å². The molecule has 2 amide bonds. The highest BCUT2D eigenvalue weighted by Gasteiger charge is 2.27. The molecule has 1 N–H and O–H groups in total. The number of hydrogen-bond acceptors (Lipinski definition) is 3. The Hall–Kier alpha value is -2.24. The molecule has 1 atom stereocenters. The first kappa shape index (κ1) is 24.0. The van der Waals surface area contributed by atoms with Gasteiger partial charge in [0.15, 0.2) is 0 Å². The number of amides is 2. The van der Waals surface area contributed by atoms with Gasteiger partial charge in [-0.05, 0) is 48.2 Å². The second-order valence-corrected chi connectivity index (χ2v) is 8.38. The van der Waals surface area contributed by atoms with Crippen molar-refractivity contribution in [1.29, 1.82) is 0 Å². The van der Waals surface area contributed by atoms with Crippen LogP contribution < -0.4 is 10.1 Å². The molecular formula is C23H28Cl2N2O3. The zero-order valence-electron chi connectivity index (χ0n) is 17.7. The van der Waals surface area contributed by atoms with Crippen molar-refractivity contribution in [3.8, 4) is 5.75 Å². The zero-order valence-corrected chi connectivity index (χ0v) is 19.3. The minimum Gasteiger partial charge on any atom is -0.497 e. The Bertz CT molecular complexity index is 866. The lowest BCUT2D eigenvalue weighted by Gasteiger charge is -2.29. The van der Waals surface area contributed by atoms with Crippen molar-refractivity contribution in [3.05, 3.63) is 63.6 Å². The monoisotopic (exact) mass is 450 g/mol. The topological polar surface area (TPSA) is 58.6 Å². The van der Waals surface area contributed by atoms with Crippen molar-refractivity contribution in [2.75, 3.05) is 13.7 Å². The SMILES string of the molecule is COc1cccc(CN(C(=O)Cc2c(Cl)cccc2Cl)[C@@H](C)C(=O)NCC(C)C)c1. The zero-order chi connectivity index (χ0) is 22.3. The third-order valence-electron chi connectivity index (χ3n) is 4.73. The Balaban J connectivity index is 2.29. The third kappa shape index (κ3) is 6.64. The lowest BCUT2D eigenvalue weighted by atomic mass is 10.1. The summed E-state index contributed by atoms with van der Waals surface area (Å²) in [6.45, 7) is 6.56. The molecule has 0 bridgehead atoms. The van der Waals surface area contributed by atoms with Gasteiger partial charge in [-0.3, -0.25) is 9.59 Å². The fourth-order valence-electron chi connectivity index (χ4n) is 2.96. The number of carbonyl (C=O) groups is 2. The summed E-state index contributed by atoms with van der Waals surface area (Å²) >= 11 is 12.5. The van der Waals surface area contributed by atoms with Crippen LogP contribution in [0.4, 0.5) is 0 Å². The third-order valence-corrected chi connectivity index (χ3v) is 5.44. The molecule has 162 valence electrons. The molecule has 5 nitrogen and oxygen atoms in total. The van der Waals surface area contributed by atoms with Crippen LogP contribution in [-0.2, 0) is 22.6 Å².